The summed E-state index contributed by atoms with van der Waals surface area (Å²) in [6.45, 7) is 5.23. The lowest BCUT2D eigenvalue weighted by Gasteiger charge is -2.37. The highest BCUT2D eigenvalue weighted by Crippen LogP contribution is 2.27. The Morgan fingerprint density at radius 2 is 2.13 bits per heavy atom. The van der Waals surface area contributed by atoms with Crippen molar-refractivity contribution in [2.24, 2.45) is 13.0 Å². The average molecular weight is 316 g/mol. The summed E-state index contributed by atoms with van der Waals surface area (Å²) >= 11 is 0. The molecule has 0 aliphatic carbocycles. The van der Waals surface area contributed by atoms with Crippen molar-refractivity contribution >= 4 is 5.95 Å². The molecule has 0 N–H and O–H groups in total. The molecular weight excluding hydrogens is 295 g/mol. The fourth-order valence-electron chi connectivity index (χ4n) is 3.21. The molecule has 2 unspecified atom stereocenters. The first-order chi connectivity index (χ1) is 11.0. The van der Waals surface area contributed by atoms with Crippen LogP contribution < -0.4 is 10.5 Å². The van der Waals surface area contributed by atoms with Crippen molar-refractivity contribution in [3.05, 3.63) is 40.7 Å². The Bertz CT molecular complexity index is 773. The minimum atomic E-state index is -0.473. The second kappa shape index (κ2) is 6.10. The fraction of sp³-hybridized carbons (Fsp3) is 0.471. The predicted molar refractivity (Wildman–Crippen MR) is 87.9 cm³/mol. The van der Waals surface area contributed by atoms with Gasteiger partial charge in [-0.05, 0) is 31.7 Å². The molecular formula is C17H21FN4O. The molecule has 5 nitrogen and oxygen atoms in total. The molecule has 0 amide bonds. The summed E-state index contributed by atoms with van der Waals surface area (Å²) in [6, 6.07) is 3.22. The first kappa shape index (κ1) is 15.6. The molecule has 0 bridgehead atoms. The third kappa shape index (κ3) is 2.98. The molecule has 1 saturated heterocycles. The van der Waals surface area contributed by atoms with Crippen molar-refractivity contribution in [3.8, 4) is 11.3 Å². The first-order valence-corrected chi connectivity index (χ1v) is 7.92. The quantitative estimate of drug-likeness (QED) is 0.854. The summed E-state index contributed by atoms with van der Waals surface area (Å²) in [5, 5.41) is 0. The average Bonchev–Trinajstić information content (AvgIpc) is 2.51. The van der Waals surface area contributed by atoms with Gasteiger partial charge in [-0.25, -0.2) is 9.37 Å². The minimum Gasteiger partial charge on any atom is -0.339 e. The molecule has 1 aliphatic rings. The summed E-state index contributed by atoms with van der Waals surface area (Å²) in [6.07, 6.45) is 4.76. The Labute approximate surface area is 134 Å². The predicted octanol–water partition coefficient (Wildman–Crippen LogP) is 2.61. The molecule has 3 rings (SSSR count). The largest absolute Gasteiger partial charge is 0.339 e. The van der Waals surface area contributed by atoms with Crippen LogP contribution in [0.2, 0.25) is 0 Å². The molecule has 3 heterocycles. The van der Waals surface area contributed by atoms with Gasteiger partial charge in [0.15, 0.2) is 5.82 Å². The lowest BCUT2D eigenvalue weighted by atomic mass is 9.94. The summed E-state index contributed by atoms with van der Waals surface area (Å²) in [4.78, 5) is 22.8. The van der Waals surface area contributed by atoms with Gasteiger partial charge < -0.3 is 4.90 Å². The maximum absolute atomic E-state index is 14.0. The van der Waals surface area contributed by atoms with E-state index in [-0.39, 0.29) is 5.56 Å². The van der Waals surface area contributed by atoms with Crippen LogP contribution in [0.4, 0.5) is 10.3 Å². The van der Waals surface area contributed by atoms with E-state index in [0.29, 0.717) is 29.2 Å². The highest BCUT2D eigenvalue weighted by Gasteiger charge is 2.26. The number of anilines is 1. The van der Waals surface area contributed by atoms with Gasteiger partial charge in [-0.2, -0.15) is 0 Å². The Balaban J connectivity index is 2.08. The topological polar surface area (TPSA) is 51.0 Å². The number of aromatic nitrogens is 3. The van der Waals surface area contributed by atoms with E-state index in [0.717, 1.165) is 25.6 Å². The number of pyridine rings is 1. The number of halogens is 1. The Kier molecular flexibility index (Phi) is 4.15. The van der Waals surface area contributed by atoms with Crippen LogP contribution in [-0.2, 0) is 7.05 Å². The molecule has 23 heavy (non-hydrogen) atoms. The zero-order valence-electron chi connectivity index (χ0n) is 13.7. The molecule has 0 saturated carbocycles. The lowest BCUT2D eigenvalue weighted by molar-refractivity contribution is 0.371. The molecule has 1 fully saturated rings. The summed E-state index contributed by atoms with van der Waals surface area (Å²) in [7, 11) is 1.71. The van der Waals surface area contributed by atoms with Crippen molar-refractivity contribution in [3.63, 3.8) is 0 Å². The number of rotatable bonds is 2. The molecule has 122 valence electrons. The molecule has 2 atom stereocenters. The van der Waals surface area contributed by atoms with Crippen LogP contribution in [0, 0.1) is 11.7 Å². The molecule has 0 radical (unpaired) electrons. The number of hydrogen-bond acceptors (Lipinski definition) is 4. The molecule has 0 spiro atoms. The van der Waals surface area contributed by atoms with Gasteiger partial charge in [-0.15, -0.1) is 0 Å². The van der Waals surface area contributed by atoms with Gasteiger partial charge in [0.25, 0.3) is 5.56 Å². The highest BCUT2D eigenvalue weighted by molar-refractivity contribution is 5.60. The number of piperidine rings is 1. The van der Waals surface area contributed by atoms with Crippen LogP contribution in [0.25, 0.3) is 11.3 Å². The molecule has 1 aliphatic heterocycles. The standard InChI is InChI=1S/C17H21FN4O/c1-11-5-7-22(12(2)8-11)17-20-15(9-16(23)21(17)3)13-4-6-19-10-14(13)18/h4,6,9-12H,5,7-8H2,1-3H3. The number of hydrogen-bond donors (Lipinski definition) is 0. The molecule has 2 aromatic heterocycles. The normalized spacial score (nSPS) is 21.5. The SMILES string of the molecule is CC1CCN(c2nc(-c3ccncc3F)cc(=O)n2C)C(C)C1. The van der Waals surface area contributed by atoms with E-state index in [2.05, 4.69) is 28.7 Å². The Morgan fingerprint density at radius 3 is 2.83 bits per heavy atom. The van der Waals surface area contributed by atoms with Crippen LogP contribution in [0.5, 0.6) is 0 Å². The number of nitrogens with zero attached hydrogens (tertiary/aromatic N) is 4. The van der Waals surface area contributed by atoms with Gasteiger partial charge in [0.1, 0.15) is 0 Å². The molecule has 0 aromatic carbocycles. The van der Waals surface area contributed by atoms with E-state index in [1.165, 1.54) is 16.8 Å². The van der Waals surface area contributed by atoms with Crippen molar-refractivity contribution in [2.45, 2.75) is 32.7 Å². The molecule has 6 heteroatoms. The van der Waals surface area contributed by atoms with Crippen LogP contribution in [0.15, 0.2) is 29.3 Å². The van der Waals surface area contributed by atoms with Crippen molar-refractivity contribution in [1.29, 1.82) is 0 Å². The Morgan fingerprint density at radius 1 is 1.35 bits per heavy atom. The lowest BCUT2D eigenvalue weighted by Crippen LogP contribution is -2.43. The fourth-order valence-corrected chi connectivity index (χ4v) is 3.21. The van der Waals surface area contributed by atoms with E-state index < -0.39 is 5.82 Å². The van der Waals surface area contributed by atoms with Gasteiger partial charge >= 0.3 is 0 Å². The maximum atomic E-state index is 14.0. The third-order valence-corrected chi connectivity index (χ3v) is 4.55. The van der Waals surface area contributed by atoms with E-state index in [1.54, 1.807) is 13.1 Å². The zero-order valence-corrected chi connectivity index (χ0v) is 13.7. The smallest absolute Gasteiger partial charge is 0.255 e. The van der Waals surface area contributed by atoms with Crippen molar-refractivity contribution in [1.82, 2.24) is 14.5 Å². The van der Waals surface area contributed by atoms with Crippen LogP contribution >= 0.6 is 0 Å². The first-order valence-electron chi connectivity index (χ1n) is 7.92. The van der Waals surface area contributed by atoms with Crippen LogP contribution in [-0.4, -0.2) is 27.1 Å². The minimum absolute atomic E-state index is 0.188. The summed E-state index contributed by atoms with van der Waals surface area (Å²) in [5.74, 6) is 0.793. The van der Waals surface area contributed by atoms with Gasteiger partial charge in [0.2, 0.25) is 5.95 Å². The van der Waals surface area contributed by atoms with Crippen LogP contribution in [0.3, 0.4) is 0 Å². The second-order valence-corrected chi connectivity index (χ2v) is 6.37. The van der Waals surface area contributed by atoms with Gasteiger partial charge in [-0.1, -0.05) is 6.92 Å². The highest BCUT2D eigenvalue weighted by atomic mass is 19.1. The van der Waals surface area contributed by atoms with E-state index in [9.17, 15) is 9.18 Å². The third-order valence-electron chi connectivity index (χ3n) is 4.55. The van der Waals surface area contributed by atoms with Crippen molar-refractivity contribution in [2.75, 3.05) is 11.4 Å². The van der Waals surface area contributed by atoms with Gasteiger partial charge in [0.05, 0.1) is 11.9 Å². The van der Waals surface area contributed by atoms with Gasteiger partial charge in [0, 0.05) is 37.5 Å². The van der Waals surface area contributed by atoms with Gasteiger partial charge in [-0.3, -0.25) is 14.3 Å². The van der Waals surface area contributed by atoms with E-state index in [1.807, 2.05) is 0 Å². The second-order valence-electron chi connectivity index (χ2n) is 6.37. The van der Waals surface area contributed by atoms with Crippen molar-refractivity contribution < 1.29 is 4.39 Å². The summed E-state index contributed by atoms with van der Waals surface area (Å²) in [5.41, 5.74) is 0.470. The van der Waals surface area contributed by atoms with E-state index in [4.69, 9.17) is 0 Å². The Hall–Kier alpha value is -2.24. The molecule has 2 aromatic rings. The van der Waals surface area contributed by atoms with Crippen LogP contribution in [0.1, 0.15) is 26.7 Å². The maximum Gasteiger partial charge on any atom is 0.255 e. The van der Waals surface area contributed by atoms with E-state index >= 15 is 0 Å². The zero-order chi connectivity index (χ0) is 16.6. The monoisotopic (exact) mass is 316 g/mol. The summed E-state index contributed by atoms with van der Waals surface area (Å²) < 4.78 is 15.5.